The summed E-state index contributed by atoms with van der Waals surface area (Å²) in [5.74, 6) is 3.08. The summed E-state index contributed by atoms with van der Waals surface area (Å²) in [5, 5.41) is 15.6. The Morgan fingerprint density at radius 3 is 2.62 bits per heavy atom. The van der Waals surface area contributed by atoms with Crippen LogP contribution in [0.2, 0.25) is 0 Å². The van der Waals surface area contributed by atoms with Crippen LogP contribution in [-0.2, 0) is 6.61 Å². The molecule has 206 valence electrons. The van der Waals surface area contributed by atoms with Crippen LogP contribution in [0, 0.1) is 18.4 Å². The maximum absolute atomic E-state index is 8.85. The quantitative estimate of drug-likeness (QED) is 0.0927. The van der Waals surface area contributed by atoms with Gasteiger partial charge in [0.1, 0.15) is 24.5 Å². The number of hydrogen-bond donors (Lipinski definition) is 2. The molecule has 0 saturated heterocycles. The fraction of sp³-hybridized carbons (Fsp3) is 0.276. The van der Waals surface area contributed by atoms with Gasteiger partial charge in [-0.2, -0.15) is 5.26 Å². The van der Waals surface area contributed by atoms with Crippen molar-refractivity contribution < 1.29 is 14.2 Å². The average molecular weight is 541 g/mol. The van der Waals surface area contributed by atoms with E-state index in [2.05, 4.69) is 30.6 Å². The zero-order valence-electron chi connectivity index (χ0n) is 23.0. The van der Waals surface area contributed by atoms with E-state index in [-0.39, 0.29) is 0 Å². The highest BCUT2D eigenvalue weighted by molar-refractivity contribution is 5.93. The highest BCUT2D eigenvalue weighted by Crippen LogP contribution is 2.35. The molecule has 0 saturated carbocycles. The van der Waals surface area contributed by atoms with Gasteiger partial charge >= 0.3 is 0 Å². The fourth-order valence-corrected chi connectivity index (χ4v) is 3.87. The molecule has 4 rings (SSSR count). The number of anilines is 2. The Kier molecular flexibility index (Phi) is 9.50. The number of aryl methyl sites for hydroxylation is 1. The second-order valence-corrected chi connectivity index (χ2v) is 9.00. The smallest absolute Gasteiger partial charge is 0.206 e. The number of aromatic nitrogens is 3. The molecule has 0 fully saturated rings. The number of aliphatic imine (C=N–C) groups is 1. The summed E-state index contributed by atoms with van der Waals surface area (Å²) in [6, 6.07) is 15.3. The number of pyridine rings is 1. The molecule has 2 N–H and O–H groups in total. The average Bonchev–Trinajstić information content (AvgIpc) is 2.96. The minimum atomic E-state index is 0.398. The van der Waals surface area contributed by atoms with Crippen LogP contribution < -0.4 is 24.8 Å². The van der Waals surface area contributed by atoms with Crippen LogP contribution in [0.4, 0.5) is 11.5 Å². The summed E-state index contributed by atoms with van der Waals surface area (Å²) in [6.07, 6.45) is 5.80. The number of nitrogens with zero attached hydrogens (tertiary/aromatic N) is 6. The van der Waals surface area contributed by atoms with Gasteiger partial charge in [-0.25, -0.2) is 9.97 Å². The monoisotopic (exact) mass is 540 g/mol. The van der Waals surface area contributed by atoms with Crippen molar-refractivity contribution in [3.8, 4) is 23.4 Å². The van der Waals surface area contributed by atoms with Crippen LogP contribution in [0.5, 0.6) is 17.2 Å². The Balaban J connectivity index is 1.46. The van der Waals surface area contributed by atoms with Gasteiger partial charge in [0.05, 0.1) is 24.9 Å². The third kappa shape index (κ3) is 7.26. The molecule has 0 aliphatic heterocycles. The minimum absolute atomic E-state index is 0.398. The van der Waals surface area contributed by atoms with E-state index >= 15 is 0 Å². The van der Waals surface area contributed by atoms with E-state index in [0.29, 0.717) is 49.5 Å². The minimum Gasteiger partial charge on any atom is -0.493 e. The number of nitriles is 1. The second-order valence-electron chi connectivity index (χ2n) is 9.00. The van der Waals surface area contributed by atoms with E-state index in [0.717, 1.165) is 33.6 Å². The van der Waals surface area contributed by atoms with Gasteiger partial charge in [0.15, 0.2) is 17.7 Å². The molecular formula is C29H32N8O3. The van der Waals surface area contributed by atoms with Gasteiger partial charge in [-0.05, 0) is 48.9 Å². The van der Waals surface area contributed by atoms with Crippen LogP contribution >= 0.6 is 0 Å². The lowest BCUT2D eigenvalue weighted by Gasteiger charge is -2.15. The first kappa shape index (κ1) is 27.9. The second kappa shape index (κ2) is 13.6. The van der Waals surface area contributed by atoms with Crippen molar-refractivity contribution in [1.29, 1.82) is 5.26 Å². The van der Waals surface area contributed by atoms with Crippen molar-refractivity contribution in [2.45, 2.75) is 20.0 Å². The third-order valence-electron chi connectivity index (χ3n) is 5.87. The summed E-state index contributed by atoms with van der Waals surface area (Å²) in [4.78, 5) is 19.3. The van der Waals surface area contributed by atoms with Gasteiger partial charge in [0, 0.05) is 50.4 Å². The largest absolute Gasteiger partial charge is 0.493 e. The van der Waals surface area contributed by atoms with Crippen molar-refractivity contribution in [3.05, 3.63) is 72.3 Å². The van der Waals surface area contributed by atoms with Gasteiger partial charge in [0.2, 0.25) is 5.96 Å². The molecule has 0 amide bonds. The zero-order chi connectivity index (χ0) is 28.3. The van der Waals surface area contributed by atoms with Gasteiger partial charge in [0.25, 0.3) is 0 Å². The van der Waals surface area contributed by atoms with Crippen molar-refractivity contribution >= 4 is 28.4 Å². The summed E-state index contributed by atoms with van der Waals surface area (Å²) in [7, 11) is 5.23. The first-order chi connectivity index (χ1) is 19.5. The summed E-state index contributed by atoms with van der Waals surface area (Å²) < 4.78 is 17.5. The highest BCUT2D eigenvalue weighted by atomic mass is 16.5. The maximum atomic E-state index is 8.85. The van der Waals surface area contributed by atoms with Crippen molar-refractivity contribution in [1.82, 2.24) is 25.2 Å². The molecule has 11 heteroatoms. The molecule has 11 nitrogen and oxygen atoms in total. The van der Waals surface area contributed by atoms with Gasteiger partial charge in [-0.15, -0.1) is 0 Å². The molecule has 2 heterocycles. The first-order valence-electron chi connectivity index (χ1n) is 12.7. The molecule has 2 aromatic heterocycles. The number of methoxy groups -OCH3 is 1. The SMILES string of the molecule is COc1cc2ncnc(Nc3ccc(OCc4ccccn4)c(C)c3)c2cc1OCCCN=C(NC#N)N(C)C. The predicted octanol–water partition coefficient (Wildman–Crippen LogP) is 4.42. The lowest BCUT2D eigenvalue weighted by Crippen LogP contribution is -2.33. The van der Waals surface area contributed by atoms with Crippen LogP contribution in [0.1, 0.15) is 17.7 Å². The van der Waals surface area contributed by atoms with E-state index < -0.39 is 0 Å². The molecule has 0 bridgehead atoms. The molecule has 4 aromatic rings. The van der Waals surface area contributed by atoms with Crippen LogP contribution in [0.3, 0.4) is 0 Å². The number of benzene rings is 2. The van der Waals surface area contributed by atoms with Crippen LogP contribution in [0.25, 0.3) is 10.9 Å². The normalized spacial score (nSPS) is 11.0. The topological polar surface area (TPSA) is 130 Å². The molecule has 0 aliphatic carbocycles. The van der Waals surface area contributed by atoms with Crippen LogP contribution in [0.15, 0.2) is 66.0 Å². The zero-order valence-corrected chi connectivity index (χ0v) is 23.0. The maximum Gasteiger partial charge on any atom is 0.206 e. The van der Waals surface area contributed by atoms with Crippen molar-refractivity contribution in [2.24, 2.45) is 4.99 Å². The molecule has 0 aliphatic rings. The van der Waals surface area contributed by atoms with E-state index in [4.69, 9.17) is 19.5 Å². The first-order valence-corrected chi connectivity index (χ1v) is 12.7. The number of hydrogen-bond acceptors (Lipinski definition) is 9. The van der Waals surface area contributed by atoms with E-state index in [1.807, 2.05) is 75.7 Å². The van der Waals surface area contributed by atoms with Crippen molar-refractivity contribution in [3.63, 3.8) is 0 Å². The Morgan fingerprint density at radius 2 is 1.90 bits per heavy atom. The number of ether oxygens (including phenoxy) is 3. The third-order valence-corrected chi connectivity index (χ3v) is 5.87. The molecular weight excluding hydrogens is 508 g/mol. The Hall–Kier alpha value is -5.11. The van der Waals surface area contributed by atoms with Crippen molar-refractivity contribution in [2.75, 3.05) is 39.7 Å². The van der Waals surface area contributed by atoms with E-state index in [9.17, 15) is 0 Å². The number of fused-ring (bicyclic) bond motifs is 1. The molecule has 40 heavy (non-hydrogen) atoms. The highest BCUT2D eigenvalue weighted by Gasteiger charge is 2.13. The fourth-order valence-electron chi connectivity index (χ4n) is 3.87. The number of rotatable bonds is 11. The van der Waals surface area contributed by atoms with Crippen LogP contribution in [-0.4, -0.2) is 60.2 Å². The molecule has 0 radical (unpaired) electrons. The Morgan fingerprint density at radius 1 is 1.02 bits per heavy atom. The molecule has 0 unspecified atom stereocenters. The Bertz CT molecular complexity index is 1500. The lowest BCUT2D eigenvalue weighted by atomic mass is 10.1. The molecule has 0 atom stereocenters. The predicted molar refractivity (Wildman–Crippen MR) is 154 cm³/mol. The number of guanidine groups is 1. The van der Waals surface area contributed by atoms with E-state index in [1.54, 1.807) is 18.2 Å². The summed E-state index contributed by atoms with van der Waals surface area (Å²) in [5.41, 5.74) is 3.43. The van der Waals surface area contributed by atoms with Gasteiger partial charge < -0.3 is 24.4 Å². The molecule has 2 aromatic carbocycles. The van der Waals surface area contributed by atoms with Gasteiger partial charge in [-0.1, -0.05) is 6.07 Å². The lowest BCUT2D eigenvalue weighted by molar-refractivity contribution is 0.292. The Labute approximate surface area is 233 Å². The number of nitrogens with one attached hydrogen (secondary N) is 2. The standard InChI is InChI=1S/C29H32N8O3/c1-20-14-21(9-10-25(20)40-17-22-8-5-6-11-31-22)36-28-23-15-27(26(38-4)16-24(23)34-19-35-28)39-13-7-12-32-29(33-18-30)37(2)3/h5-6,8-11,14-16,19H,7,12-13,17H2,1-4H3,(H,32,33)(H,34,35,36). The summed E-state index contributed by atoms with van der Waals surface area (Å²) >= 11 is 0. The molecule has 0 spiro atoms. The summed E-state index contributed by atoms with van der Waals surface area (Å²) in [6.45, 7) is 3.30. The van der Waals surface area contributed by atoms with E-state index in [1.165, 1.54) is 6.33 Å². The van der Waals surface area contributed by atoms with Gasteiger partial charge in [-0.3, -0.25) is 15.3 Å².